The van der Waals surface area contributed by atoms with Crippen LogP contribution in [0.2, 0.25) is 0 Å². The van der Waals surface area contributed by atoms with Gasteiger partial charge in [0.1, 0.15) is 6.04 Å². The predicted molar refractivity (Wildman–Crippen MR) is 113 cm³/mol. The number of esters is 1. The maximum absolute atomic E-state index is 12.9. The number of aromatic amines is 1. The molecule has 0 saturated heterocycles. The Kier molecular flexibility index (Phi) is 5.29. The number of methoxy groups -OCH3 is 1. The van der Waals surface area contributed by atoms with E-state index in [1.54, 1.807) is 0 Å². The number of hydrogen-bond donors (Lipinski definition) is 2. The molecule has 1 aromatic heterocycles. The quantitative estimate of drug-likeness (QED) is 0.471. The lowest BCUT2D eigenvalue weighted by Crippen LogP contribution is -2.39. The number of nitrogens with one attached hydrogen (secondary N) is 2. The highest BCUT2D eigenvalue weighted by molar-refractivity contribution is 6.22. The number of carbonyl (C=O) groups excluding carboxylic acids is 4. The average molecular weight is 419 g/mol. The van der Waals surface area contributed by atoms with Crippen molar-refractivity contribution in [2.45, 2.75) is 19.4 Å². The van der Waals surface area contributed by atoms with Crippen LogP contribution in [0.1, 0.15) is 43.6 Å². The van der Waals surface area contributed by atoms with Gasteiger partial charge in [-0.2, -0.15) is 0 Å². The highest BCUT2D eigenvalue weighted by Gasteiger charge is 2.36. The van der Waals surface area contributed by atoms with Crippen molar-refractivity contribution in [3.05, 3.63) is 70.9 Å². The third kappa shape index (κ3) is 3.68. The molecule has 158 valence electrons. The van der Waals surface area contributed by atoms with E-state index in [-0.39, 0.29) is 29.1 Å². The van der Waals surface area contributed by atoms with Crippen LogP contribution in [0.15, 0.2) is 48.7 Å². The summed E-state index contributed by atoms with van der Waals surface area (Å²) in [5, 5.41) is 3.56. The zero-order chi connectivity index (χ0) is 22.1. The summed E-state index contributed by atoms with van der Waals surface area (Å²) in [6.45, 7) is 1.73. The lowest BCUT2D eigenvalue weighted by atomic mass is 10.1. The fourth-order valence-corrected chi connectivity index (χ4v) is 3.72. The zero-order valence-electron chi connectivity index (χ0n) is 17.1. The van der Waals surface area contributed by atoms with Gasteiger partial charge in [0.25, 0.3) is 17.7 Å². The second-order valence-corrected chi connectivity index (χ2v) is 7.35. The van der Waals surface area contributed by atoms with Crippen molar-refractivity contribution in [2.75, 3.05) is 13.7 Å². The van der Waals surface area contributed by atoms with E-state index in [1.165, 1.54) is 37.1 Å². The highest BCUT2D eigenvalue weighted by Crippen LogP contribution is 2.25. The first kappa shape index (κ1) is 20.3. The van der Waals surface area contributed by atoms with Gasteiger partial charge in [0.05, 0.1) is 18.2 Å². The van der Waals surface area contributed by atoms with Crippen molar-refractivity contribution < 1.29 is 23.9 Å². The molecular weight excluding hydrogens is 398 g/mol. The Labute approximate surface area is 178 Å². The van der Waals surface area contributed by atoms with Gasteiger partial charge in [-0.25, -0.2) is 4.79 Å². The summed E-state index contributed by atoms with van der Waals surface area (Å²) >= 11 is 0. The minimum Gasteiger partial charge on any atom is -0.467 e. The molecule has 2 heterocycles. The number of nitrogens with zero attached hydrogens (tertiary/aromatic N) is 1. The molecule has 0 saturated carbocycles. The van der Waals surface area contributed by atoms with E-state index in [4.69, 9.17) is 0 Å². The topological polar surface area (TPSA) is 109 Å². The summed E-state index contributed by atoms with van der Waals surface area (Å²) in [5.74, 6) is -1.92. The number of benzene rings is 2. The van der Waals surface area contributed by atoms with Crippen LogP contribution >= 0.6 is 0 Å². The molecule has 3 aromatic rings. The van der Waals surface area contributed by atoms with Crippen LogP contribution in [0.25, 0.3) is 10.9 Å². The Bertz CT molecular complexity index is 1210. The van der Waals surface area contributed by atoms with Gasteiger partial charge in [-0.3, -0.25) is 19.3 Å². The first-order valence-electron chi connectivity index (χ1n) is 9.84. The Morgan fingerprint density at radius 1 is 1.10 bits per heavy atom. The molecule has 2 aromatic carbocycles. The molecule has 0 fully saturated rings. The van der Waals surface area contributed by atoms with Crippen LogP contribution < -0.4 is 5.32 Å². The first-order valence-corrected chi connectivity index (χ1v) is 9.84. The normalized spacial score (nSPS) is 13.9. The Balaban J connectivity index is 1.50. The zero-order valence-corrected chi connectivity index (χ0v) is 17.1. The molecule has 0 bridgehead atoms. The van der Waals surface area contributed by atoms with Crippen molar-refractivity contribution in [1.82, 2.24) is 15.2 Å². The van der Waals surface area contributed by atoms with Gasteiger partial charge in [-0.15, -0.1) is 0 Å². The van der Waals surface area contributed by atoms with Crippen LogP contribution in [0.5, 0.6) is 0 Å². The molecule has 0 spiro atoms. The lowest BCUT2D eigenvalue weighted by molar-refractivity contribution is -0.142. The van der Waals surface area contributed by atoms with E-state index in [9.17, 15) is 19.2 Å². The number of amides is 3. The van der Waals surface area contributed by atoms with Crippen molar-refractivity contribution in [2.24, 2.45) is 0 Å². The maximum atomic E-state index is 12.9. The minimum atomic E-state index is -0.837. The molecule has 31 heavy (non-hydrogen) atoms. The maximum Gasteiger partial charge on any atom is 0.328 e. The molecule has 0 radical (unpaired) electrons. The monoisotopic (exact) mass is 419 g/mol. The summed E-state index contributed by atoms with van der Waals surface area (Å²) < 4.78 is 4.59. The standard InChI is InChI=1S/C23H21N3O5/c1-13(23(30)31-2)25-20(27)14-7-8-17-18(11-14)22(29)26(21(17)28)10-9-15-12-24-19-6-4-3-5-16(15)19/h3-8,11-13,24H,9-10H2,1-2H3,(H,25,27). The van der Waals surface area contributed by atoms with Crippen LogP contribution in [0, 0.1) is 0 Å². The third-order valence-corrected chi connectivity index (χ3v) is 5.41. The Morgan fingerprint density at radius 3 is 2.61 bits per heavy atom. The third-order valence-electron chi connectivity index (χ3n) is 5.41. The molecule has 8 heteroatoms. The number of para-hydroxylation sites is 1. The van der Waals surface area contributed by atoms with Crippen LogP contribution in [0.3, 0.4) is 0 Å². The molecule has 1 atom stereocenters. The van der Waals surface area contributed by atoms with Gasteiger partial charge < -0.3 is 15.0 Å². The van der Waals surface area contributed by atoms with Gasteiger partial charge in [-0.05, 0) is 43.2 Å². The highest BCUT2D eigenvalue weighted by atomic mass is 16.5. The van der Waals surface area contributed by atoms with Crippen LogP contribution in [-0.4, -0.2) is 53.3 Å². The number of fused-ring (bicyclic) bond motifs is 2. The summed E-state index contributed by atoms with van der Waals surface area (Å²) in [4.78, 5) is 53.9. The smallest absolute Gasteiger partial charge is 0.328 e. The largest absolute Gasteiger partial charge is 0.467 e. The molecule has 8 nitrogen and oxygen atoms in total. The number of H-pyrrole nitrogens is 1. The van der Waals surface area contributed by atoms with E-state index in [0.717, 1.165) is 16.5 Å². The van der Waals surface area contributed by atoms with E-state index in [1.807, 2.05) is 30.5 Å². The van der Waals surface area contributed by atoms with Crippen molar-refractivity contribution in [1.29, 1.82) is 0 Å². The van der Waals surface area contributed by atoms with Crippen LogP contribution in [0.4, 0.5) is 0 Å². The fourth-order valence-electron chi connectivity index (χ4n) is 3.72. The van der Waals surface area contributed by atoms with E-state index >= 15 is 0 Å². The molecule has 2 N–H and O–H groups in total. The predicted octanol–water partition coefficient (Wildman–Crippen LogP) is 2.30. The average Bonchev–Trinajstić information content (AvgIpc) is 3.30. The van der Waals surface area contributed by atoms with Crippen molar-refractivity contribution in [3.63, 3.8) is 0 Å². The van der Waals surface area contributed by atoms with Crippen LogP contribution in [-0.2, 0) is 16.0 Å². The summed E-state index contributed by atoms with van der Waals surface area (Å²) in [7, 11) is 1.23. The van der Waals surface area contributed by atoms with Gasteiger partial charge in [0.2, 0.25) is 0 Å². The number of hydrogen-bond acceptors (Lipinski definition) is 5. The van der Waals surface area contributed by atoms with E-state index in [0.29, 0.717) is 6.42 Å². The SMILES string of the molecule is COC(=O)C(C)NC(=O)c1ccc2c(c1)C(=O)N(CCc1c[nH]c3ccccc13)C2=O. The second kappa shape index (κ2) is 8.06. The first-order chi connectivity index (χ1) is 14.9. The van der Waals surface area contributed by atoms with Gasteiger partial charge in [-0.1, -0.05) is 18.2 Å². The number of ether oxygens (including phenoxy) is 1. The van der Waals surface area contributed by atoms with E-state index in [2.05, 4.69) is 15.0 Å². The molecule has 1 unspecified atom stereocenters. The molecule has 4 rings (SSSR count). The summed E-state index contributed by atoms with van der Waals surface area (Å²) in [6, 6.07) is 11.3. The summed E-state index contributed by atoms with van der Waals surface area (Å²) in [6.07, 6.45) is 2.40. The lowest BCUT2D eigenvalue weighted by Gasteiger charge is -2.13. The Morgan fingerprint density at radius 2 is 1.84 bits per heavy atom. The molecule has 3 amide bonds. The molecule has 1 aliphatic rings. The minimum absolute atomic E-state index is 0.183. The summed E-state index contributed by atoms with van der Waals surface area (Å²) in [5.41, 5.74) is 2.65. The van der Waals surface area contributed by atoms with Gasteiger partial charge >= 0.3 is 5.97 Å². The molecule has 0 aliphatic carbocycles. The van der Waals surface area contributed by atoms with E-state index < -0.39 is 23.8 Å². The number of carbonyl (C=O) groups is 4. The number of aromatic nitrogens is 1. The number of imide groups is 1. The molecular formula is C23H21N3O5. The fraction of sp³-hybridized carbons (Fsp3) is 0.217. The van der Waals surface area contributed by atoms with Crippen molar-refractivity contribution >= 4 is 34.6 Å². The Hall–Kier alpha value is -3.94. The number of rotatable bonds is 6. The van der Waals surface area contributed by atoms with Crippen molar-refractivity contribution in [3.8, 4) is 0 Å². The van der Waals surface area contributed by atoms with Gasteiger partial charge in [0, 0.05) is 29.2 Å². The molecule has 1 aliphatic heterocycles. The van der Waals surface area contributed by atoms with Gasteiger partial charge in [0.15, 0.2) is 0 Å². The second-order valence-electron chi connectivity index (χ2n) is 7.35.